The van der Waals surface area contributed by atoms with E-state index in [1.807, 2.05) is 31.3 Å². The van der Waals surface area contributed by atoms with Crippen molar-refractivity contribution in [3.63, 3.8) is 0 Å². The van der Waals surface area contributed by atoms with Crippen LogP contribution in [0.1, 0.15) is 29.7 Å². The maximum Gasteiger partial charge on any atom is 0.194 e. The lowest BCUT2D eigenvalue weighted by Gasteiger charge is -2.24. The number of benzene rings is 1. The molecule has 1 N–H and O–H groups in total. The number of methoxy groups -OCH3 is 2. The minimum atomic E-state index is 0.211. The van der Waals surface area contributed by atoms with E-state index in [1.54, 1.807) is 20.5 Å². The molecule has 1 aliphatic rings. The summed E-state index contributed by atoms with van der Waals surface area (Å²) >= 11 is 0. The topological polar surface area (TPSA) is 68.5 Å². The normalized spacial score (nSPS) is 16.5. The molecule has 3 rings (SSSR count). The zero-order valence-corrected chi connectivity index (χ0v) is 18.4. The molecular weight excluding hydrogens is 382 g/mol. The standard InChI is InChI=1S/C23H33N3O4/c1-17-13-21(27-3)22(28-4)14-18(17)16-26(2)23(25-15-20-8-6-12-30-20)24-10-9-19-7-5-11-29-19/h5,7,11,13-14,20H,6,8-10,12,15-16H2,1-4H3,(H,24,25). The van der Waals surface area contributed by atoms with E-state index in [9.17, 15) is 0 Å². The molecule has 0 amide bonds. The first-order valence-corrected chi connectivity index (χ1v) is 10.5. The van der Waals surface area contributed by atoms with Gasteiger partial charge < -0.3 is 28.8 Å². The molecule has 1 aromatic carbocycles. The summed E-state index contributed by atoms with van der Waals surface area (Å²) in [6, 6.07) is 7.94. The molecule has 30 heavy (non-hydrogen) atoms. The number of nitrogens with zero attached hydrogens (tertiary/aromatic N) is 2. The first-order valence-electron chi connectivity index (χ1n) is 10.5. The number of furan rings is 1. The molecule has 0 spiro atoms. The van der Waals surface area contributed by atoms with Gasteiger partial charge in [0.15, 0.2) is 17.5 Å². The van der Waals surface area contributed by atoms with Gasteiger partial charge in [-0.05, 0) is 55.2 Å². The van der Waals surface area contributed by atoms with Crippen molar-refractivity contribution >= 4 is 5.96 Å². The van der Waals surface area contributed by atoms with Crippen LogP contribution in [0.4, 0.5) is 0 Å². The number of aliphatic imine (C=N–C) groups is 1. The molecule has 1 aliphatic heterocycles. The molecule has 0 saturated carbocycles. The summed E-state index contributed by atoms with van der Waals surface area (Å²) in [6.45, 7) is 5.02. The quantitative estimate of drug-likeness (QED) is 0.500. The van der Waals surface area contributed by atoms with Crippen LogP contribution in [0.25, 0.3) is 0 Å². The van der Waals surface area contributed by atoms with Gasteiger partial charge in [-0.3, -0.25) is 4.99 Å². The lowest BCUT2D eigenvalue weighted by atomic mass is 10.1. The van der Waals surface area contributed by atoms with Crippen LogP contribution in [0, 0.1) is 6.92 Å². The minimum Gasteiger partial charge on any atom is -0.493 e. The number of hydrogen-bond acceptors (Lipinski definition) is 5. The number of guanidine groups is 1. The molecule has 1 fully saturated rings. The summed E-state index contributed by atoms with van der Waals surface area (Å²) in [7, 11) is 5.36. The third-order valence-electron chi connectivity index (χ3n) is 5.31. The molecular formula is C23H33N3O4. The van der Waals surface area contributed by atoms with E-state index in [1.165, 1.54) is 0 Å². The smallest absolute Gasteiger partial charge is 0.194 e. The fraction of sp³-hybridized carbons (Fsp3) is 0.522. The summed E-state index contributed by atoms with van der Waals surface area (Å²) in [5, 5.41) is 3.48. The average Bonchev–Trinajstić information content (AvgIpc) is 3.45. The van der Waals surface area contributed by atoms with E-state index >= 15 is 0 Å². The Morgan fingerprint density at radius 2 is 2.07 bits per heavy atom. The highest BCUT2D eigenvalue weighted by Gasteiger charge is 2.17. The third-order valence-corrected chi connectivity index (χ3v) is 5.31. The SMILES string of the molecule is COc1cc(C)c(CN(C)C(=NCC2CCCO2)NCCc2ccco2)cc1OC. The minimum absolute atomic E-state index is 0.211. The van der Waals surface area contributed by atoms with E-state index in [-0.39, 0.29) is 6.10 Å². The van der Waals surface area contributed by atoms with Crippen molar-refractivity contribution in [2.75, 3.05) is 41.0 Å². The van der Waals surface area contributed by atoms with Crippen molar-refractivity contribution in [1.82, 2.24) is 10.2 Å². The molecule has 7 nitrogen and oxygen atoms in total. The van der Waals surface area contributed by atoms with Gasteiger partial charge in [0.25, 0.3) is 0 Å². The summed E-state index contributed by atoms with van der Waals surface area (Å²) in [6.07, 6.45) is 4.90. The Morgan fingerprint density at radius 3 is 2.73 bits per heavy atom. The molecule has 2 heterocycles. The Bertz CT molecular complexity index is 814. The molecule has 0 aliphatic carbocycles. The van der Waals surface area contributed by atoms with E-state index in [0.29, 0.717) is 13.1 Å². The van der Waals surface area contributed by atoms with Crippen LogP contribution in [-0.2, 0) is 17.7 Å². The van der Waals surface area contributed by atoms with Crippen LogP contribution in [-0.4, -0.2) is 57.9 Å². The second kappa shape index (κ2) is 10.9. The summed E-state index contributed by atoms with van der Waals surface area (Å²) in [5.74, 6) is 3.28. The highest BCUT2D eigenvalue weighted by Crippen LogP contribution is 2.30. The van der Waals surface area contributed by atoms with Crippen LogP contribution < -0.4 is 14.8 Å². The molecule has 1 unspecified atom stereocenters. The first kappa shape index (κ1) is 22.0. The second-order valence-electron chi connectivity index (χ2n) is 7.55. The second-order valence-corrected chi connectivity index (χ2v) is 7.55. The molecule has 0 bridgehead atoms. The lowest BCUT2D eigenvalue weighted by molar-refractivity contribution is 0.117. The molecule has 1 saturated heterocycles. The van der Waals surface area contributed by atoms with E-state index < -0.39 is 0 Å². The van der Waals surface area contributed by atoms with Gasteiger partial charge >= 0.3 is 0 Å². The predicted octanol–water partition coefficient (Wildman–Crippen LogP) is 3.40. The van der Waals surface area contributed by atoms with Crippen molar-refractivity contribution < 1.29 is 18.6 Å². The van der Waals surface area contributed by atoms with E-state index in [4.69, 9.17) is 23.6 Å². The van der Waals surface area contributed by atoms with Crippen LogP contribution >= 0.6 is 0 Å². The van der Waals surface area contributed by atoms with Crippen molar-refractivity contribution in [2.45, 2.75) is 38.8 Å². The van der Waals surface area contributed by atoms with Gasteiger partial charge in [-0.1, -0.05) is 0 Å². The van der Waals surface area contributed by atoms with Gasteiger partial charge in [0.1, 0.15) is 5.76 Å². The average molecular weight is 416 g/mol. The highest BCUT2D eigenvalue weighted by atomic mass is 16.5. The first-order chi connectivity index (χ1) is 14.6. The fourth-order valence-corrected chi connectivity index (χ4v) is 3.56. The van der Waals surface area contributed by atoms with Crippen molar-refractivity contribution in [3.8, 4) is 11.5 Å². The Balaban J connectivity index is 1.69. The number of aryl methyl sites for hydroxylation is 1. The Labute approximate surface area is 179 Å². The number of nitrogens with one attached hydrogen (secondary N) is 1. The highest BCUT2D eigenvalue weighted by molar-refractivity contribution is 5.79. The maximum absolute atomic E-state index is 5.74. The number of rotatable bonds is 9. The number of hydrogen-bond donors (Lipinski definition) is 1. The van der Waals surface area contributed by atoms with Crippen LogP contribution in [0.2, 0.25) is 0 Å². The van der Waals surface area contributed by atoms with Crippen molar-refractivity contribution in [2.24, 2.45) is 4.99 Å². The van der Waals surface area contributed by atoms with Crippen molar-refractivity contribution in [3.05, 3.63) is 47.4 Å². The molecule has 2 aromatic rings. The molecule has 164 valence electrons. The Morgan fingerprint density at radius 1 is 1.27 bits per heavy atom. The van der Waals surface area contributed by atoms with Gasteiger partial charge in [0, 0.05) is 33.2 Å². The Kier molecular flexibility index (Phi) is 8.02. The molecule has 0 radical (unpaired) electrons. The lowest BCUT2D eigenvalue weighted by Crippen LogP contribution is -2.40. The van der Waals surface area contributed by atoms with Gasteiger partial charge in [0.05, 0.1) is 33.1 Å². The van der Waals surface area contributed by atoms with E-state index in [0.717, 1.165) is 66.8 Å². The molecule has 1 atom stereocenters. The number of ether oxygens (including phenoxy) is 3. The van der Waals surface area contributed by atoms with Gasteiger partial charge in [-0.15, -0.1) is 0 Å². The van der Waals surface area contributed by atoms with Gasteiger partial charge in [-0.25, -0.2) is 0 Å². The van der Waals surface area contributed by atoms with Gasteiger partial charge in [-0.2, -0.15) is 0 Å². The van der Waals surface area contributed by atoms with Crippen LogP contribution in [0.15, 0.2) is 39.9 Å². The third kappa shape index (κ3) is 5.92. The Hall–Kier alpha value is -2.67. The monoisotopic (exact) mass is 415 g/mol. The zero-order valence-electron chi connectivity index (χ0n) is 18.4. The van der Waals surface area contributed by atoms with E-state index in [2.05, 4.69) is 17.1 Å². The van der Waals surface area contributed by atoms with Gasteiger partial charge in [0.2, 0.25) is 0 Å². The maximum atomic E-state index is 5.74. The summed E-state index contributed by atoms with van der Waals surface area (Å²) in [4.78, 5) is 6.98. The molecule has 7 heteroatoms. The largest absolute Gasteiger partial charge is 0.493 e. The predicted molar refractivity (Wildman–Crippen MR) is 117 cm³/mol. The zero-order chi connectivity index (χ0) is 21.3. The van der Waals surface area contributed by atoms with Crippen LogP contribution in [0.3, 0.4) is 0 Å². The fourth-order valence-electron chi connectivity index (χ4n) is 3.56. The summed E-state index contributed by atoms with van der Waals surface area (Å²) < 4.78 is 22.1. The summed E-state index contributed by atoms with van der Waals surface area (Å²) in [5.41, 5.74) is 2.31. The van der Waals surface area contributed by atoms with Crippen LogP contribution in [0.5, 0.6) is 11.5 Å². The van der Waals surface area contributed by atoms with Crippen molar-refractivity contribution in [1.29, 1.82) is 0 Å². The molecule has 1 aromatic heterocycles.